The fraction of sp³-hybridized carbons (Fsp3) is 0.217. The number of benzene rings is 2. The highest BCUT2D eigenvalue weighted by molar-refractivity contribution is 7.99. The van der Waals surface area contributed by atoms with Crippen molar-refractivity contribution in [2.75, 3.05) is 12.9 Å². The molecular formula is C23H23ClN6O2S. The third-order valence-corrected chi connectivity index (χ3v) is 6.50. The molecule has 0 aliphatic carbocycles. The van der Waals surface area contributed by atoms with Crippen molar-refractivity contribution in [1.29, 1.82) is 0 Å². The first-order valence-electron chi connectivity index (χ1n) is 10.2. The highest BCUT2D eigenvalue weighted by atomic mass is 35.5. The van der Waals surface area contributed by atoms with Gasteiger partial charge < -0.3 is 14.6 Å². The second kappa shape index (κ2) is 10.1. The van der Waals surface area contributed by atoms with Crippen molar-refractivity contribution < 1.29 is 9.53 Å². The van der Waals surface area contributed by atoms with E-state index in [1.54, 1.807) is 24.2 Å². The van der Waals surface area contributed by atoms with Gasteiger partial charge in [-0.25, -0.2) is 4.98 Å². The summed E-state index contributed by atoms with van der Waals surface area (Å²) in [6.45, 7) is 1.94. The van der Waals surface area contributed by atoms with Crippen LogP contribution in [0.1, 0.15) is 23.0 Å². The van der Waals surface area contributed by atoms with Crippen LogP contribution in [0.5, 0.6) is 5.75 Å². The van der Waals surface area contributed by atoms with Gasteiger partial charge in [-0.3, -0.25) is 9.36 Å². The summed E-state index contributed by atoms with van der Waals surface area (Å²) in [5.41, 5.74) is 2.64. The van der Waals surface area contributed by atoms with Crippen molar-refractivity contribution in [2.45, 2.75) is 18.1 Å². The molecule has 0 saturated heterocycles. The summed E-state index contributed by atoms with van der Waals surface area (Å²) in [7, 11) is 3.50. The van der Waals surface area contributed by atoms with E-state index in [1.165, 1.54) is 11.8 Å². The zero-order chi connectivity index (χ0) is 23.4. The Bertz CT molecular complexity index is 1270. The summed E-state index contributed by atoms with van der Waals surface area (Å²) < 4.78 is 9.20. The van der Waals surface area contributed by atoms with Crippen molar-refractivity contribution in [2.24, 2.45) is 7.05 Å². The molecule has 0 saturated carbocycles. The van der Waals surface area contributed by atoms with Gasteiger partial charge >= 0.3 is 0 Å². The standard InChI is InChI=1S/C23H23ClN6O2S/c1-15-8-9-16(12-18(15)24)30-14-26-28-23(30)33-13-20(31)27-21(22-25-10-11-29(22)2)17-6-4-5-7-19(17)32-3/h4-12,14,21H,13H2,1-3H3,(H,27,31). The largest absolute Gasteiger partial charge is 0.496 e. The lowest BCUT2D eigenvalue weighted by atomic mass is 10.0. The number of imidazole rings is 1. The summed E-state index contributed by atoms with van der Waals surface area (Å²) >= 11 is 7.56. The predicted octanol–water partition coefficient (Wildman–Crippen LogP) is 3.97. The molecule has 33 heavy (non-hydrogen) atoms. The summed E-state index contributed by atoms with van der Waals surface area (Å²) in [6.07, 6.45) is 5.15. The Morgan fingerprint density at radius 2 is 2.09 bits per heavy atom. The van der Waals surface area contributed by atoms with Crippen molar-refractivity contribution in [3.05, 3.63) is 83.2 Å². The van der Waals surface area contributed by atoms with Crippen LogP contribution in [0.2, 0.25) is 5.02 Å². The molecule has 0 fully saturated rings. The SMILES string of the molecule is COc1ccccc1C(NC(=O)CSc1nncn1-c1ccc(C)c(Cl)c1)c1nccn1C. The van der Waals surface area contributed by atoms with Gasteiger partial charge in [0.1, 0.15) is 23.9 Å². The van der Waals surface area contributed by atoms with Crippen LogP contribution in [0.15, 0.2) is 66.3 Å². The Labute approximate surface area is 201 Å². The van der Waals surface area contributed by atoms with E-state index in [4.69, 9.17) is 16.3 Å². The van der Waals surface area contributed by atoms with Gasteiger partial charge in [-0.2, -0.15) is 0 Å². The second-order valence-electron chi connectivity index (χ2n) is 7.34. The first kappa shape index (κ1) is 22.9. The van der Waals surface area contributed by atoms with E-state index >= 15 is 0 Å². The third-order valence-electron chi connectivity index (χ3n) is 5.15. The van der Waals surface area contributed by atoms with Gasteiger partial charge in [0.25, 0.3) is 0 Å². The molecule has 1 amide bonds. The summed E-state index contributed by atoms with van der Waals surface area (Å²) in [6, 6.07) is 12.8. The first-order chi connectivity index (χ1) is 16.0. The minimum atomic E-state index is -0.469. The van der Waals surface area contributed by atoms with Gasteiger partial charge in [0.05, 0.1) is 18.6 Å². The number of aryl methyl sites for hydroxylation is 2. The zero-order valence-electron chi connectivity index (χ0n) is 18.4. The molecule has 0 aliphatic rings. The molecule has 2 heterocycles. The number of thioether (sulfide) groups is 1. The number of methoxy groups -OCH3 is 1. The fourth-order valence-corrected chi connectivity index (χ4v) is 4.32. The molecule has 1 unspecified atom stereocenters. The number of halogens is 1. The Morgan fingerprint density at radius 3 is 2.82 bits per heavy atom. The van der Waals surface area contributed by atoms with E-state index in [1.807, 2.05) is 67.2 Å². The van der Waals surface area contributed by atoms with Gasteiger partial charge in [0.15, 0.2) is 5.16 Å². The number of ether oxygens (including phenoxy) is 1. The van der Waals surface area contributed by atoms with E-state index in [0.29, 0.717) is 21.8 Å². The van der Waals surface area contributed by atoms with Crippen molar-refractivity contribution >= 4 is 29.3 Å². The maximum atomic E-state index is 13.0. The average Bonchev–Trinajstić information content (AvgIpc) is 3.47. The Morgan fingerprint density at radius 1 is 1.27 bits per heavy atom. The quantitative estimate of drug-likeness (QED) is 0.382. The van der Waals surface area contributed by atoms with Crippen molar-refractivity contribution in [1.82, 2.24) is 29.6 Å². The molecule has 2 aromatic carbocycles. The van der Waals surface area contributed by atoms with E-state index in [9.17, 15) is 4.79 Å². The Hall–Kier alpha value is -3.30. The number of hydrogen-bond acceptors (Lipinski definition) is 6. The van der Waals surface area contributed by atoms with Crippen LogP contribution in [0.4, 0.5) is 0 Å². The number of para-hydroxylation sites is 1. The predicted molar refractivity (Wildman–Crippen MR) is 128 cm³/mol. The number of carbonyl (C=O) groups is 1. The maximum Gasteiger partial charge on any atom is 0.231 e. The molecule has 4 aromatic rings. The lowest BCUT2D eigenvalue weighted by molar-refractivity contribution is -0.119. The second-order valence-corrected chi connectivity index (χ2v) is 8.69. The molecule has 10 heteroatoms. The molecule has 8 nitrogen and oxygen atoms in total. The summed E-state index contributed by atoms with van der Waals surface area (Å²) in [5, 5.41) is 12.5. The molecule has 0 aliphatic heterocycles. The molecule has 2 aromatic heterocycles. The molecule has 1 atom stereocenters. The van der Waals surface area contributed by atoms with Crippen LogP contribution in [0, 0.1) is 6.92 Å². The van der Waals surface area contributed by atoms with Crippen LogP contribution >= 0.6 is 23.4 Å². The lowest BCUT2D eigenvalue weighted by Gasteiger charge is -2.21. The minimum Gasteiger partial charge on any atom is -0.496 e. The highest BCUT2D eigenvalue weighted by Crippen LogP contribution is 2.29. The van der Waals surface area contributed by atoms with E-state index < -0.39 is 6.04 Å². The molecule has 1 N–H and O–H groups in total. The molecule has 0 bridgehead atoms. The molecule has 0 radical (unpaired) electrons. The first-order valence-corrected chi connectivity index (χ1v) is 11.5. The number of nitrogens with one attached hydrogen (secondary N) is 1. The number of aromatic nitrogens is 5. The maximum absolute atomic E-state index is 13.0. The van der Waals surface area contributed by atoms with Gasteiger partial charge in [0.2, 0.25) is 5.91 Å². The Balaban J connectivity index is 1.52. The smallest absolute Gasteiger partial charge is 0.231 e. The summed E-state index contributed by atoms with van der Waals surface area (Å²) in [4.78, 5) is 17.4. The lowest BCUT2D eigenvalue weighted by Crippen LogP contribution is -2.32. The van der Waals surface area contributed by atoms with Crippen LogP contribution in [0.3, 0.4) is 0 Å². The number of rotatable bonds is 8. The van der Waals surface area contributed by atoms with E-state index in [-0.39, 0.29) is 11.7 Å². The molecule has 170 valence electrons. The zero-order valence-corrected chi connectivity index (χ0v) is 20.0. The van der Waals surface area contributed by atoms with Gasteiger partial charge in [-0.15, -0.1) is 10.2 Å². The van der Waals surface area contributed by atoms with Crippen LogP contribution in [-0.4, -0.2) is 43.1 Å². The third kappa shape index (κ3) is 5.04. The van der Waals surface area contributed by atoms with Gasteiger partial charge in [-0.1, -0.05) is 47.6 Å². The molecule has 4 rings (SSSR count). The number of hydrogen-bond donors (Lipinski definition) is 1. The highest BCUT2D eigenvalue weighted by Gasteiger charge is 2.24. The Kier molecular flexibility index (Phi) is 7.00. The van der Waals surface area contributed by atoms with Crippen molar-refractivity contribution in [3.63, 3.8) is 0 Å². The number of nitrogens with zero attached hydrogens (tertiary/aromatic N) is 5. The monoisotopic (exact) mass is 482 g/mol. The van der Waals surface area contributed by atoms with Crippen LogP contribution in [-0.2, 0) is 11.8 Å². The minimum absolute atomic E-state index is 0.147. The van der Waals surface area contributed by atoms with Gasteiger partial charge in [-0.05, 0) is 30.7 Å². The van der Waals surface area contributed by atoms with E-state index in [0.717, 1.165) is 16.8 Å². The molecular weight excluding hydrogens is 460 g/mol. The number of amides is 1. The van der Waals surface area contributed by atoms with Gasteiger partial charge in [0, 0.05) is 30.0 Å². The summed E-state index contributed by atoms with van der Waals surface area (Å²) in [5.74, 6) is 1.36. The molecule has 0 spiro atoms. The normalized spacial score (nSPS) is 11.9. The number of carbonyl (C=O) groups excluding carboxylic acids is 1. The van der Waals surface area contributed by atoms with Crippen molar-refractivity contribution in [3.8, 4) is 11.4 Å². The van der Waals surface area contributed by atoms with Crippen LogP contribution < -0.4 is 10.1 Å². The van der Waals surface area contributed by atoms with E-state index in [2.05, 4.69) is 20.5 Å². The van der Waals surface area contributed by atoms with Crippen LogP contribution in [0.25, 0.3) is 5.69 Å². The average molecular weight is 483 g/mol. The fourth-order valence-electron chi connectivity index (χ4n) is 3.41. The topological polar surface area (TPSA) is 86.9 Å².